The molecule has 1 aromatic heterocycles. The monoisotopic (exact) mass is 202 g/mol. The van der Waals surface area contributed by atoms with Gasteiger partial charge in [0.05, 0.1) is 10.4 Å². The molecule has 1 saturated carbocycles. The third kappa shape index (κ3) is 1.51. The largest absolute Gasteiger partial charge is 0.392 e. The summed E-state index contributed by atoms with van der Waals surface area (Å²) in [6, 6.07) is 3.94. The van der Waals surface area contributed by atoms with Crippen molar-refractivity contribution < 1.29 is 5.11 Å². The fourth-order valence-corrected chi connectivity index (χ4v) is 3.05. The van der Waals surface area contributed by atoms with E-state index in [0.717, 1.165) is 23.6 Å². The SMILES string of the molecule is O[C@H]1CCC[C@@H]1c1ccc(Cl)s1. The molecule has 0 amide bonds. The number of aliphatic hydroxyl groups excluding tert-OH is 1. The molecular weight excluding hydrogens is 192 g/mol. The van der Waals surface area contributed by atoms with E-state index >= 15 is 0 Å². The van der Waals surface area contributed by atoms with Crippen molar-refractivity contribution in [2.75, 3.05) is 0 Å². The van der Waals surface area contributed by atoms with Gasteiger partial charge in [0, 0.05) is 10.8 Å². The molecule has 0 radical (unpaired) electrons. The molecule has 66 valence electrons. The lowest BCUT2D eigenvalue weighted by molar-refractivity contribution is 0.165. The Bertz CT molecular complexity index is 271. The fourth-order valence-electron chi connectivity index (χ4n) is 1.80. The summed E-state index contributed by atoms with van der Waals surface area (Å²) in [6.07, 6.45) is 3.05. The highest BCUT2D eigenvalue weighted by molar-refractivity contribution is 7.16. The summed E-state index contributed by atoms with van der Waals surface area (Å²) < 4.78 is 0.823. The van der Waals surface area contributed by atoms with E-state index in [4.69, 9.17) is 11.6 Å². The van der Waals surface area contributed by atoms with Gasteiger partial charge < -0.3 is 5.11 Å². The second-order valence-corrected chi connectivity index (χ2v) is 4.99. The van der Waals surface area contributed by atoms with Gasteiger partial charge in [-0.15, -0.1) is 11.3 Å². The molecule has 1 aliphatic carbocycles. The first-order valence-corrected chi connectivity index (χ1v) is 5.40. The summed E-state index contributed by atoms with van der Waals surface area (Å²) in [5, 5.41) is 9.62. The second-order valence-electron chi connectivity index (χ2n) is 3.25. The lowest BCUT2D eigenvalue weighted by Gasteiger charge is -2.11. The Hall–Kier alpha value is -0.0500. The fraction of sp³-hybridized carbons (Fsp3) is 0.556. The Morgan fingerprint density at radius 3 is 2.75 bits per heavy atom. The van der Waals surface area contributed by atoms with Crippen LogP contribution in [0.5, 0.6) is 0 Å². The normalized spacial score (nSPS) is 29.5. The van der Waals surface area contributed by atoms with Crippen molar-refractivity contribution in [3.8, 4) is 0 Å². The zero-order valence-corrected chi connectivity index (χ0v) is 8.24. The van der Waals surface area contributed by atoms with Crippen molar-refractivity contribution in [1.82, 2.24) is 0 Å². The molecule has 0 saturated heterocycles. The van der Waals surface area contributed by atoms with Gasteiger partial charge in [-0.2, -0.15) is 0 Å². The van der Waals surface area contributed by atoms with Crippen LogP contribution in [0, 0.1) is 0 Å². The molecule has 0 unspecified atom stereocenters. The van der Waals surface area contributed by atoms with E-state index in [1.807, 2.05) is 12.1 Å². The Labute approximate surface area is 81.0 Å². The molecule has 0 aliphatic heterocycles. The average Bonchev–Trinajstić information content (AvgIpc) is 2.58. The smallest absolute Gasteiger partial charge is 0.0931 e. The molecule has 2 atom stereocenters. The molecule has 2 rings (SSSR count). The first kappa shape index (κ1) is 8.54. The minimum absolute atomic E-state index is 0.139. The van der Waals surface area contributed by atoms with Gasteiger partial charge in [0.15, 0.2) is 0 Å². The van der Waals surface area contributed by atoms with Crippen molar-refractivity contribution in [2.24, 2.45) is 0 Å². The van der Waals surface area contributed by atoms with E-state index < -0.39 is 0 Å². The molecule has 1 nitrogen and oxygen atoms in total. The van der Waals surface area contributed by atoms with E-state index in [1.54, 1.807) is 11.3 Å². The number of hydrogen-bond donors (Lipinski definition) is 1. The molecule has 1 heterocycles. The van der Waals surface area contributed by atoms with Crippen LogP contribution in [0.3, 0.4) is 0 Å². The molecular formula is C9H11ClOS. The van der Waals surface area contributed by atoms with Crippen LogP contribution in [0.15, 0.2) is 12.1 Å². The first-order chi connectivity index (χ1) is 5.77. The summed E-state index contributed by atoms with van der Waals surface area (Å²) in [5.41, 5.74) is 0. The third-order valence-corrected chi connectivity index (χ3v) is 3.80. The van der Waals surface area contributed by atoms with E-state index in [0.29, 0.717) is 5.92 Å². The van der Waals surface area contributed by atoms with Gasteiger partial charge in [0.1, 0.15) is 0 Å². The van der Waals surface area contributed by atoms with E-state index in [1.165, 1.54) is 4.88 Å². The van der Waals surface area contributed by atoms with Crippen LogP contribution in [-0.2, 0) is 0 Å². The van der Waals surface area contributed by atoms with Crippen LogP contribution in [0.25, 0.3) is 0 Å². The first-order valence-electron chi connectivity index (χ1n) is 4.20. The van der Waals surface area contributed by atoms with Crippen molar-refractivity contribution in [2.45, 2.75) is 31.3 Å². The van der Waals surface area contributed by atoms with Crippen molar-refractivity contribution in [1.29, 1.82) is 0 Å². The van der Waals surface area contributed by atoms with Gasteiger partial charge >= 0.3 is 0 Å². The highest BCUT2D eigenvalue weighted by Crippen LogP contribution is 2.38. The van der Waals surface area contributed by atoms with Gasteiger partial charge in [-0.05, 0) is 25.0 Å². The minimum Gasteiger partial charge on any atom is -0.392 e. The molecule has 0 aromatic carbocycles. The zero-order chi connectivity index (χ0) is 8.55. The Morgan fingerprint density at radius 1 is 1.42 bits per heavy atom. The molecule has 0 spiro atoms. The maximum absolute atomic E-state index is 9.62. The molecule has 12 heavy (non-hydrogen) atoms. The maximum Gasteiger partial charge on any atom is 0.0931 e. The number of rotatable bonds is 1. The van der Waals surface area contributed by atoms with E-state index in [2.05, 4.69) is 0 Å². The number of thiophene rings is 1. The Balaban J connectivity index is 2.19. The van der Waals surface area contributed by atoms with Crippen LogP contribution in [0.4, 0.5) is 0 Å². The molecule has 1 aromatic rings. The summed E-state index contributed by atoms with van der Waals surface area (Å²) in [6.45, 7) is 0. The zero-order valence-electron chi connectivity index (χ0n) is 6.66. The average molecular weight is 203 g/mol. The molecule has 1 aliphatic rings. The van der Waals surface area contributed by atoms with Crippen LogP contribution >= 0.6 is 22.9 Å². The van der Waals surface area contributed by atoms with Crippen LogP contribution in [-0.4, -0.2) is 11.2 Å². The van der Waals surface area contributed by atoms with Crippen molar-refractivity contribution >= 4 is 22.9 Å². The summed E-state index contributed by atoms with van der Waals surface area (Å²) in [7, 11) is 0. The third-order valence-electron chi connectivity index (χ3n) is 2.44. The van der Waals surface area contributed by atoms with E-state index in [9.17, 15) is 5.11 Å². The number of aliphatic hydroxyl groups is 1. The minimum atomic E-state index is -0.139. The lowest BCUT2D eigenvalue weighted by Crippen LogP contribution is -2.09. The van der Waals surface area contributed by atoms with E-state index in [-0.39, 0.29) is 6.10 Å². The molecule has 0 bridgehead atoms. The quantitative estimate of drug-likeness (QED) is 0.743. The predicted octanol–water partition coefficient (Wildman–Crippen LogP) is 3.03. The van der Waals surface area contributed by atoms with Gasteiger partial charge in [0.25, 0.3) is 0 Å². The lowest BCUT2D eigenvalue weighted by atomic mass is 10.0. The summed E-state index contributed by atoms with van der Waals surface area (Å²) in [4.78, 5) is 1.24. The van der Waals surface area contributed by atoms with Gasteiger partial charge in [-0.1, -0.05) is 18.0 Å². The standard InChI is InChI=1S/C9H11ClOS/c10-9-5-4-8(12-9)6-2-1-3-7(6)11/h4-7,11H,1-3H2/t6-,7-/m0/s1. The molecule has 1 fully saturated rings. The summed E-state index contributed by atoms with van der Waals surface area (Å²) >= 11 is 7.42. The Morgan fingerprint density at radius 2 is 2.25 bits per heavy atom. The van der Waals surface area contributed by atoms with Gasteiger partial charge in [0.2, 0.25) is 0 Å². The Kier molecular flexibility index (Phi) is 2.40. The number of halogens is 1. The van der Waals surface area contributed by atoms with Crippen LogP contribution in [0.2, 0.25) is 4.34 Å². The maximum atomic E-state index is 9.62. The van der Waals surface area contributed by atoms with Crippen molar-refractivity contribution in [3.05, 3.63) is 21.3 Å². The van der Waals surface area contributed by atoms with Crippen molar-refractivity contribution in [3.63, 3.8) is 0 Å². The number of hydrogen-bond acceptors (Lipinski definition) is 2. The second kappa shape index (κ2) is 3.36. The molecule has 3 heteroatoms. The summed E-state index contributed by atoms with van der Waals surface area (Å²) in [5.74, 6) is 0.350. The van der Waals surface area contributed by atoms with Crippen LogP contribution in [0.1, 0.15) is 30.1 Å². The molecule has 1 N–H and O–H groups in total. The topological polar surface area (TPSA) is 20.2 Å². The van der Waals surface area contributed by atoms with Crippen LogP contribution < -0.4 is 0 Å². The highest BCUT2D eigenvalue weighted by atomic mass is 35.5. The van der Waals surface area contributed by atoms with Gasteiger partial charge in [-0.3, -0.25) is 0 Å². The van der Waals surface area contributed by atoms with Gasteiger partial charge in [-0.25, -0.2) is 0 Å². The highest BCUT2D eigenvalue weighted by Gasteiger charge is 2.27. The predicted molar refractivity (Wildman–Crippen MR) is 51.9 cm³/mol.